The Morgan fingerprint density at radius 3 is 2.60 bits per heavy atom. The Morgan fingerprint density at radius 1 is 1.25 bits per heavy atom. The molecule has 1 heterocycles. The third-order valence-corrected chi connectivity index (χ3v) is 4.09. The van der Waals surface area contributed by atoms with Gasteiger partial charge in [0, 0.05) is 19.5 Å². The number of hydrogen-bond donors (Lipinski definition) is 1. The van der Waals surface area contributed by atoms with Crippen molar-refractivity contribution in [3.63, 3.8) is 0 Å². The van der Waals surface area contributed by atoms with Gasteiger partial charge in [-0.25, -0.2) is 4.68 Å². The zero-order valence-corrected chi connectivity index (χ0v) is 11.9. The number of nitrogen functional groups attached to an aromatic ring is 1. The largest absolute Gasteiger partial charge is 0.393 e. The average Bonchev–Trinajstić information content (AvgIpc) is 3.25. The van der Waals surface area contributed by atoms with Crippen LogP contribution in [0.25, 0.3) is 0 Å². The molecule has 0 unspecified atom stereocenters. The minimum absolute atomic E-state index is 0.0255. The summed E-state index contributed by atoms with van der Waals surface area (Å²) in [5.41, 5.74) is 8.75. The van der Waals surface area contributed by atoms with Gasteiger partial charge in [-0.2, -0.15) is 0 Å². The summed E-state index contributed by atoms with van der Waals surface area (Å²) in [6.45, 7) is 0.723. The molecule has 0 atom stereocenters. The van der Waals surface area contributed by atoms with E-state index in [1.807, 2.05) is 29.9 Å². The Kier molecular flexibility index (Phi) is 3.38. The van der Waals surface area contributed by atoms with Crippen molar-refractivity contribution in [1.82, 2.24) is 9.36 Å². The van der Waals surface area contributed by atoms with Crippen LogP contribution in [0.5, 0.6) is 0 Å². The van der Waals surface area contributed by atoms with Crippen molar-refractivity contribution in [3.05, 3.63) is 51.9 Å². The zero-order valence-electron chi connectivity index (χ0n) is 11.9. The first kappa shape index (κ1) is 13.0. The molecule has 1 aromatic heterocycles. The fourth-order valence-electron chi connectivity index (χ4n) is 2.86. The first-order chi connectivity index (χ1) is 9.68. The summed E-state index contributed by atoms with van der Waals surface area (Å²) in [6.07, 6.45) is 4.25. The molecule has 0 spiro atoms. The van der Waals surface area contributed by atoms with E-state index in [1.54, 1.807) is 4.68 Å². The molecule has 0 amide bonds. The quantitative estimate of drug-likeness (QED) is 0.907. The van der Waals surface area contributed by atoms with Crippen LogP contribution in [-0.4, -0.2) is 9.36 Å². The van der Waals surface area contributed by atoms with Gasteiger partial charge < -0.3 is 5.73 Å². The van der Waals surface area contributed by atoms with E-state index in [0.717, 1.165) is 37.9 Å². The SMILES string of the molecule is Cn1c(C2CC2)c(N)c(=O)n1CCCc1ccccc1. The Bertz CT molecular complexity index is 650. The highest BCUT2D eigenvalue weighted by Gasteiger charge is 2.31. The maximum absolute atomic E-state index is 12.2. The molecule has 20 heavy (non-hydrogen) atoms. The van der Waals surface area contributed by atoms with Crippen molar-refractivity contribution in [2.45, 2.75) is 38.1 Å². The van der Waals surface area contributed by atoms with Crippen LogP contribution in [-0.2, 0) is 20.0 Å². The second-order valence-electron chi connectivity index (χ2n) is 5.61. The molecule has 0 aliphatic heterocycles. The van der Waals surface area contributed by atoms with Gasteiger partial charge in [-0.3, -0.25) is 9.48 Å². The van der Waals surface area contributed by atoms with Crippen LogP contribution in [0.15, 0.2) is 35.1 Å². The molecule has 1 aromatic carbocycles. The Hall–Kier alpha value is -1.97. The van der Waals surface area contributed by atoms with Crippen molar-refractivity contribution in [1.29, 1.82) is 0 Å². The smallest absolute Gasteiger partial charge is 0.290 e. The second kappa shape index (κ2) is 5.19. The highest BCUT2D eigenvalue weighted by molar-refractivity contribution is 5.45. The summed E-state index contributed by atoms with van der Waals surface area (Å²) in [7, 11) is 1.95. The van der Waals surface area contributed by atoms with Crippen LogP contribution in [0.3, 0.4) is 0 Å². The number of aryl methyl sites for hydroxylation is 1. The minimum Gasteiger partial charge on any atom is -0.393 e. The summed E-state index contributed by atoms with van der Waals surface area (Å²) >= 11 is 0. The summed E-state index contributed by atoms with van der Waals surface area (Å²) in [5, 5.41) is 0. The minimum atomic E-state index is -0.0255. The van der Waals surface area contributed by atoms with Crippen molar-refractivity contribution in [2.75, 3.05) is 5.73 Å². The second-order valence-corrected chi connectivity index (χ2v) is 5.61. The molecule has 1 fully saturated rings. The van der Waals surface area contributed by atoms with E-state index in [2.05, 4.69) is 12.1 Å². The monoisotopic (exact) mass is 271 g/mol. The maximum Gasteiger partial charge on any atom is 0.290 e. The van der Waals surface area contributed by atoms with Crippen molar-refractivity contribution >= 4 is 5.69 Å². The highest BCUT2D eigenvalue weighted by atomic mass is 16.1. The zero-order chi connectivity index (χ0) is 14.1. The summed E-state index contributed by atoms with van der Waals surface area (Å²) in [5.74, 6) is 0.503. The van der Waals surface area contributed by atoms with Crippen LogP contribution in [0.4, 0.5) is 5.69 Å². The third kappa shape index (κ3) is 2.38. The fourth-order valence-corrected chi connectivity index (χ4v) is 2.86. The van der Waals surface area contributed by atoms with E-state index < -0.39 is 0 Å². The number of nitrogens with zero attached hydrogens (tertiary/aromatic N) is 2. The summed E-state index contributed by atoms with van der Waals surface area (Å²) in [4.78, 5) is 12.2. The molecule has 2 N–H and O–H groups in total. The lowest BCUT2D eigenvalue weighted by Crippen LogP contribution is -2.23. The molecular formula is C16H21N3O. The number of aromatic nitrogens is 2. The van der Waals surface area contributed by atoms with Gasteiger partial charge in [0.05, 0.1) is 5.69 Å². The number of benzene rings is 1. The van der Waals surface area contributed by atoms with Crippen LogP contribution >= 0.6 is 0 Å². The van der Waals surface area contributed by atoms with Gasteiger partial charge in [0.25, 0.3) is 5.56 Å². The molecule has 0 radical (unpaired) electrons. The molecule has 3 rings (SSSR count). The van der Waals surface area contributed by atoms with Crippen molar-refractivity contribution < 1.29 is 0 Å². The first-order valence-corrected chi connectivity index (χ1v) is 7.27. The molecule has 1 aliphatic rings. The van der Waals surface area contributed by atoms with Crippen LogP contribution < -0.4 is 11.3 Å². The maximum atomic E-state index is 12.2. The molecule has 2 aromatic rings. The van der Waals surface area contributed by atoms with Gasteiger partial charge in [0.1, 0.15) is 5.69 Å². The van der Waals surface area contributed by atoms with Crippen LogP contribution in [0, 0.1) is 0 Å². The number of hydrogen-bond acceptors (Lipinski definition) is 2. The Morgan fingerprint density at radius 2 is 1.95 bits per heavy atom. The van der Waals surface area contributed by atoms with Gasteiger partial charge in [0.15, 0.2) is 0 Å². The molecule has 106 valence electrons. The number of anilines is 1. The van der Waals surface area contributed by atoms with E-state index in [1.165, 1.54) is 5.56 Å². The van der Waals surface area contributed by atoms with E-state index in [9.17, 15) is 4.79 Å². The van der Waals surface area contributed by atoms with Gasteiger partial charge in [0.2, 0.25) is 0 Å². The molecule has 0 saturated heterocycles. The van der Waals surface area contributed by atoms with Gasteiger partial charge in [-0.05, 0) is 31.2 Å². The van der Waals surface area contributed by atoms with Gasteiger partial charge in [-0.1, -0.05) is 30.3 Å². The Labute approximate surface area is 118 Å². The lowest BCUT2D eigenvalue weighted by Gasteiger charge is -2.09. The molecule has 4 heteroatoms. The normalized spacial score (nSPS) is 14.7. The van der Waals surface area contributed by atoms with E-state index in [4.69, 9.17) is 5.73 Å². The first-order valence-electron chi connectivity index (χ1n) is 7.27. The van der Waals surface area contributed by atoms with Crippen LogP contribution in [0.2, 0.25) is 0 Å². The van der Waals surface area contributed by atoms with Gasteiger partial charge in [-0.15, -0.1) is 0 Å². The predicted molar refractivity (Wildman–Crippen MR) is 80.8 cm³/mol. The fraction of sp³-hybridized carbons (Fsp3) is 0.438. The molecular weight excluding hydrogens is 250 g/mol. The standard InChI is InChI=1S/C16H21N3O/c1-18-15(13-9-10-13)14(17)16(20)19(18)11-5-8-12-6-3-2-4-7-12/h2-4,6-7,13H,5,8-11,17H2,1H3. The molecule has 1 saturated carbocycles. The summed E-state index contributed by atoms with van der Waals surface area (Å²) < 4.78 is 3.76. The lowest BCUT2D eigenvalue weighted by atomic mass is 10.1. The van der Waals surface area contributed by atoms with E-state index >= 15 is 0 Å². The molecule has 0 bridgehead atoms. The molecule has 1 aliphatic carbocycles. The van der Waals surface area contributed by atoms with E-state index in [0.29, 0.717) is 11.6 Å². The lowest BCUT2D eigenvalue weighted by molar-refractivity contribution is 0.467. The average molecular weight is 271 g/mol. The highest BCUT2D eigenvalue weighted by Crippen LogP contribution is 2.41. The van der Waals surface area contributed by atoms with Gasteiger partial charge >= 0.3 is 0 Å². The molecule has 4 nitrogen and oxygen atoms in total. The Balaban J connectivity index is 1.72. The number of rotatable bonds is 5. The third-order valence-electron chi connectivity index (χ3n) is 4.09. The van der Waals surface area contributed by atoms with E-state index in [-0.39, 0.29) is 5.56 Å². The predicted octanol–water partition coefficient (Wildman–Crippen LogP) is 2.28. The van der Waals surface area contributed by atoms with Crippen molar-refractivity contribution in [2.24, 2.45) is 7.05 Å². The summed E-state index contributed by atoms with van der Waals surface area (Å²) in [6, 6.07) is 10.4. The number of nitrogens with two attached hydrogens (primary N) is 1. The topological polar surface area (TPSA) is 52.9 Å². The van der Waals surface area contributed by atoms with Crippen LogP contribution in [0.1, 0.15) is 36.4 Å². The van der Waals surface area contributed by atoms with Crippen molar-refractivity contribution in [3.8, 4) is 0 Å².